The summed E-state index contributed by atoms with van der Waals surface area (Å²) in [6, 6.07) is 0. The van der Waals surface area contributed by atoms with E-state index < -0.39 is 11.7 Å². The van der Waals surface area contributed by atoms with Crippen LogP contribution in [-0.4, -0.2) is 54.4 Å². The number of hydrogen-bond donors (Lipinski definition) is 2. The third-order valence-corrected chi connectivity index (χ3v) is 3.81. The molecule has 0 aromatic carbocycles. The lowest BCUT2D eigenvalue weighted by Crippen LogP contribution is -2.37. The highest BCUT2D eigenvalue weighted by Gasteiger charge is 2.25. The number of alkyl carbamates (subject to hydrolysis) is 1. The van der Waals surface area contributed by atoms with Crippen LogP contribution in [0.3, 0.4) is 0 Å². The molecule has 0 aliphatic heterocycles. The molecule has 1 unspecified atom stereocenters. The summed E-state index contributed by atoms with van der Waals surface area (Å²) in [5.74, 6) is 0. The van der Waals surface area contributed by atoms with Crippen molar-refractivity contribution in [2.24, 2.45) is 0 Å². The molecule has 6 heteroatoms. The maximum absolute atomic E-state index is 11.5. The van der Waals surface area contributed by atoms with Crippen LogP contribution in [0, 0.1) is 0 Å². The van der Waals surface area contributed by atoms with Crippen molar-refractivity contribution in [3.8, 4) is 0 Å². The first kappa shape index (κ1) is 23.1. The molecule has 0 aromatic heterocycles. The number of aliphatic hydroxyl groups is 1. The number of carbonyl (C=O) groups is 1. The molecule has 6 nitrogen and oxygen atoms in total. The summed E-state index contributed by atoms with van der Waals surface area (Å²) in [6.07, 6.45) is 1.79. The van der Waals surface area contributed by atoms with Crippen LogP contribution in [0.15, 0.2) is 0 Å². The largest absolute Gasteiger partial charge is 0.444 e. The Morgan fingerprint density at radius 3 is 2.12 bits per heavy atom. The van der Waals surface area contributed by atoms with Gasteiger partial charge in [0.15, 0.2) is 0 Å². The van der Waals surface area contributed by atoms with E-state index >= 15 is 0 Å². The molecule has 0 saturated carbocycles. The first-order valence-electron chi connectivity index (χ1n) is 8.79. The van der Waals surface area contributed by atoms with Gasteiger partial charge in [0.05, 0.1) is 24.4 Å². The summed E-state index contributed by atoms with van der Waals surface area (Å²) < 4.78 is 16.9. The number of aliphatic hydroxyl groups excluding tert-OH is 1. The van der Waals surface area contributed by atoms with Crippen LogP contribution >= 0.6 is 0 Å². The summed E-state index contributed by atoms with van der Waals surface area (Å²) in [6.45, 7) is 15.1. The fourth-order valence-electron chi connectivity index (χ4n) is 2.00. The molecule has 0 saturated heterocycles. The predicted octanol–water partition coefficient (Wildman–Crippen LogP) is 3.26. The van der Waals surface area contributed by atoms with Crippen molar-refractivity contribution in [1.29, 1.82) is 0 Å². The lowest BCUT2D eigenvalue weighted by atomic mass is 9.99. The third kappa shape index (κ3) is 11.6. The quantitative estimate of drug-likeness (QED) is 0.561. The Bertz CT molecular complexity index is 365. The van der Waals surface area contributed by atoms with Crippen LogP contribution in [0.25, 0.3) is 0 Å². The third-order valence-electron chi connectivity index (χ3n) is 3.81. The highest BCUT2D eigenvalue weighted by Crippen LogP contribution is 2.22. The van der Waals surface area contributed by atoms with Crippen molar-refractivity contribution >= 4 is 6.09 Å². The van der Waals surface area contributed by atoms with Gasteiger partial charge in [-0.3, -0.25) is 0 Å². The molecule has 144 valence electrons. The molecule has 0 aromatic rings. The second-order valence-electron chi connectivity index (χ2n) is 7.91. The van der Waals surface area contributed by atoms with Crippen LogP contribution in [-0.2, 0) is 14.2 Å². The number of rotatable bonds is 11. The van der Waals surface area contributed by atoms with E-state index in [1.807, 2.05) is 41.5 Å². The number of amides is 1. The minimum atomic E-state index is -0.498. The van der Waals surface area contributed by atoms with E-state index in [9.17, 15) is 4.79 Å². The Kier molecular flexibility index (Phi) is 9.85. The molecule has 1 amide bonds. The number of ether oxygens (including phenoxy) is 3. The second-order valence-corrected chi connectivity index (χ2v) is 7.91. The molecule has 2 N–H and O–H groups in total. The van der Waals surface area contributed by atoms with E-state index in [2.05, 4.69) is 12.2 Å². The zero-order valence-corrected chi connectivity index (χ0v) is 16.5. The Labute approximate surface area is 147 Å². The Hall–Kier alpha value is -0.850. The molecule has 0 rings (SSSR count). The molecule has 0 heterocycles. The molecule has 0 fully saturated rings. The van der Waals surface area contributed by atoms with Gasteiger partial charge in [-0.05, 0) is 60.8 Å². The van der Waals surface area contributed by atoms with Gasteiger partial charge in [0, 0.05) is 13.2 Å². The maximum Gasteiger partial charge on any atom is 0.407 e. The normalized spacial score (nSPS) is 15.0. The second kappa shape index (κ2) is 10.2. The molecule has 1 atom stereocenters. The van der Waals surface area contributed by atoms with Crippen molar-refractivity contribution in [1.82, 2.24) is 5.32 Å². The molecule has 0 aliphatic rings. The molecule has 0 radical (unpaired) electrons. The molecule has 0 aliphatic carbocycles. The molecular formula is C18H37NO5. The van der Waals surface area contributed by atoms with Crippen molar-refractivity contribution in [2.75, 3.05) is 26.4 Å². The molecule has 0 spiro atoms. The van der Waals surface area contributed by atoms with Gasteiger partial charge < -0.3 is 24.6 Å². The van der Waals surface area contributed by atoms with Crippen LogP contribution in [0.5, 0.6) is 0 Å². The van der Waals surface area contributed by atoms with E-state index in [0.717, 1.165) is 12.8 Å². The van der Waals surface area contributed by atoms with Gasteiger partial charge in [-0.1, -0.05) is 6.92 Å². The van der Waals surface area contributed by atoms with E-state index in [1.54, 1.807) is 0 Å². The van der Waals surface area contributed by atoms with Crippen molar-refractivity contribution in [3.63, 3.8) is 0 Å². The van der Waals surface area contributed by atoms with Gasteiger partial charge in [-0.15, -0.1) is 0 Å². The lowest BCUT2D eigenvalue weighted by Gasteiger charge is -2.31. The van der Waals surface area contributed by atoms with Gasteiger partial charge in [0.2, 0.25) is 0 Å². The van der Waals surface area contributed by atoms with Gasteiger partial charge in [0.1, 0.15) is 5.60 Å². The van der Waals surface area contributed by atoms with Crippen LogP contribution in [0.1, 0.15) is 67.7 Å². The highest BCUT2D eigenvalue weighted by atomic mass is 16.6. The smallest absolute Gasteiger partial charge is 0.407 e. The Morgan fingerprint density at radius 1 is 1.00 bits per heavy atom. The summed E-state index contributed by atoms with van der Waals surface area (Å²) >= 11 is 0. The molecular weight excluding hydrogens is 310 g/mol. The van der Waals surface area contributed by atoms with E-state index in [4.69, 9.17) is 19.3 Å². The summed E-state index contributed by atoms with van der Waals surface area (Å²) in [7, 11) is 0. The van der Waals surface area contributed by atoms with Gasteiger partial charge >= 0.3 is 6.09 Å². The zero-order chi connectivity index (χ0) is 18.9. The summed E-state index contributed by atoms with van der Waals surface area (Å²) in [5, 5.41) is 11.8. The number of nitrogens with one attached hydrogen (secondary N) is 1. The topological polar surface area (TPSA) is 77.0 Å². The first-order chi connectivity index (χ1) is 10.9. The van der Waals surface area contributed by atoms with Gasteiger partial charge in [-0.2, -0.15) is 0 Å². The average Bonchev–Trinajstić information content (AvgIpc) is 2.42. The fraction of sp³-hybridized carbons (Fsp3) is 0.944. The lowest BCUT2D eigenvalue weighted by molar-refractivity contribution is -0.0855. The zero-order valence-electron chi connectivity index (χ0n) is 16.5. The SMILES string of the molecule is CCC(C)(CCO)OCCC(C)(C)OCCNC(=O)OC(C)(C)C. The summed E-state index contributed by atoms with van der Waals surface area (Å²) in [4.78, 5) is 11.5. The van der Waals surface area contributed by atoms with Crippen molar-refractivity contribution in [3.05, 3.63) is 0 Å². The Balaban J connectivity index is 3.99. The number of carbonyl (C=O) groups excluding carboxylic acids is 1. The Morgan fingerprint density at radius 2 is 1.62 bits per heavy atom. The van der Waals surface area contributed by atoms with Crippen molar-refractivity contribution < 1.29 is 24.1 Å². The van der Waals surface area contributed by atoms with Crippen molar-refractivity contribution in [2.45, 2.75) is 84.5 Å². The number of hydrogen-bond acceptors (Lipinski definition) is 5. The van der Waals surface area contributed by atoms with E-state index in [1.165, 1.54) is 0 Å². The fourth-order valence-corrected chi connectivity index (χ4v) is 2.00. The molecule has 0 bridgehead atoms. The van der Waals surface area contributed by atoms with Gasteiger partial charge in [-0.25, -0.2) is 4.79 Å². The van der Waals surface area contributed by atoms with Gasteiger partial charge in [0.25, 0.3) is 0 Å². The average molecular weight is 347 g/mol. The van der Waals surface area contributed by atoms with Crippen LogP contribution in [0.2, 0.25) is 0 Å². The van der Waals surface area contributed by atoms with E-state index in [0.29, 0.717) is 26.2 Å². The first-order valence-corrected chi connectivity index (χ1v) is 8.79. The van der Waals surface area contributed by atoms with Crippen LogP contribution in [0.4, 0.5) is 4.79 Å². The predicted molar refractivity (Wildman–Crippen MR) is 95.2 cm³/mol. The standard InChI is InChI=1S/C18H37NO5/c1-8-18(7,9-12-20)23-13-10-17(5,6)22-14-11-19-15(21)24-16(2,3)4/h20H,8-14H2,1-7H3,(H,19,21). The summed E-state index contributed by atoms with van der Waals surface area (Å²) in [5.41, 5.74) is -1.13. The monoisotopic (exact) mass is 347 g/mol. The highest BCUT2D eigenvalue weighted by molar-refractivity contribution is 5.67. The maximum atomic E-state index is 11.5. The minimum absolute atomic E-state index is 0.126. The minimum Gasteiger partial charge on any atom is -0.444 e. The van der Waals surface area contributed by atoms with Crippen LogP contribution < -0.4 is 5.32 Å². The van der Waals surface area contributed by atoms with E-state index in [-0.39, 0.29) is 17.8 Å². The molecule has 24 heavy (non-hydrogen) atoms.